The van der Waals surface area contributed by atoms with Gasteiger partial charge in [-0.15, -0.1) is 0 Å². The van der Waals surface area contributed by atoms with Crippen LogP contribution in [0.2, 0.25) is 0 Å². The number of amides is 2. The summed E-state index contributed by atoms with van der Waals surface area (Å²) in [4.78, 5) is 51.0. The fourth-order valence-electron chi connectivity index (χ4n) is 2.86. The molecule has 0 saturated carbocycles. The van der Waals surface area contributed by atoms with E-state index in [9.17, 15) is 19.2 Å². The third kappa shape index (κ3) is 6.42. The number of benzene rings is 1. The lowest BCUT2D eigenvalue weighted by atomic mass is 10.1. The molecule has 10 heteroatoms. The van der Waals surface area contributed by atoms with Gasteiger partial charge < -0.3 is 25.1 Å². The molecule has 31 heavy (non-hydrogen) atoms. The van der Waals surface area contributed by atoms with E-state index in [0.29, 0.717) is 16.9 Å². The number of hydrogen-bond donors (Lipinski definition) is 3. The Bertz CT molecular complexity index is 1010. The van der Waals surface area contributed by atoms with Gasteiger partial charge in [-0.05, 0) is 57.0 Å². The van der Waals surface area contributed by atoms with Gasteiger partial charge in [0, 0.05) is 15.9 Å². The van der Waals surface area contributed by atoms with Crippen molar-refractivity contribution in [3.05, 3.63) is 50.8 Å². The molecule has 1 heterocycles. The Morgan fingerprint density at radius 1 is 1.03 bits per heavy atom. The summed E-state index contributed by atoms with van der Waals surface area (Å²) in [5.41, 5.74) is 2.67. The summed E-state index contributed by atoms with van der Waals surface area (Å²) in [7, 11) is 0. The van der Waals surface area contributed by atoms with Gasteiger partial charge in [0.15, 0.2) is 6.61 Å². The van der Waals surface area contributed by atoms with Crippen LogP contribution in [0.4, 0.5) is 5.69 Å². The number of ether oxygens (including phenoxy) is 2. The monoisotopic (exact) mass is 493 g/mol. The summed E-state index contributed by atoms with van der Waals surface area (Å²) >= 11 is 3.35. The smallest absolute Gasteiger partial charge is 0.355 e. The molecule has 1 aromatic heterocycles. The SMILES string of the molecule is CCOC(=O)c1c(C)[nH]c(C(=O)OCC(=O)NCC(=O)Nc2ccc(Br)cc2C)c1C. The van der Waals surface area contributed by atoms with E-state index in [0.717, 1.165) is 10.0 Å². The molecule has 0 fully saturated rings. The Morgan fingerprint density at radius 3 is 2.39 bits per heavy atom. The van der Waals surface area contributed by atoms with Gasteiger partial charge in [0.25, 0.3) is 5.91 Å². The highest BCUT2D eigenvalue weighted by Crippen LogP contribution is 2.20. The van der Waals surface area contributed by atoms with Crippen LogP contribution in [0.3, 0.4) is 0 Å². The Hall–Kier alpha value is -3.14. The largest absolute Gasteiger partial charge is 0.462 e. The minimum atomic E-state index is -0.791. The predicted octanol–water partition coefficient (Wildman–Crippen LogP) is 2.79. The van der Waals surface area contributed by atoms with Crippen LogP contribution in [-0.2, 0) is 19.1 Å². The van der Waals surface area contributed by atoms with Crippen molar-refractivity contribution >= 4 is 45.4 Å². The van der Waals surface area contributed by atoms with E-state index >= 15 is 0 Å². The molecule has 166 valence electrons. The first-order chi connectivity index (χ1) is 14.6. The van der Waals surface area contributed by atoms with Gasteiger partial charge in [-0.2, -0.15) is 0 Å². The lowest BCUT2D eigenvalue weighted by Gasteiger charge is -2.10. The molecule has 0 spiro atoms. The van der Waals surface area contributed by atoms with E-state index in [1.165, 1.54) is 0 Å². The van der Waals surface area contributed by atoms with Crippen molar-refractivity contribution in [2.75, 3.05) is 25.1 Å². The molecule has 9 nitrogen and oxygen atoms in total. The van der Waals surface area contributed by atoms with Crippen LogP contribution in [0, 0.1) is 20.8 Å². The van der Waals surface area contributed by atoms with E-state index in [1.807, 2.05) is 13.0 Å². The minimum absolute atomic E-state index is 0.0665. The summed E-state index contributed by atoms with van der Waals surface area (Å²) in [6, 6.07) is 5.38. The lowest BCUT2D eigenvalue weighted by molar-refractivity contribution is -0.126. The molecular weight excluding hydrogens is 470 g/mol. The highest BCUT2D eigenvalue weighted by Gasteiger charge is 2.24. The van der Waals surface area contributed by atoms with Crippen molar-refractivity contribution < 1.29 is 28.7 Å². The van der Waals surface area contributed by atoms with Crippen LogP contribution < -0.4 is 10.6 Å². The third-order valence-electron chi connectivity index (χ3n) is 4.36. The highest BCUT2D eigenvalue weighted by atomic mass is 79.9. The van der Waals surface area contributed by atoms with E-state index in [2.05, 4.69) is 31.5 Å². The third-order valence-corrected chi connectivity index (χ3v) is 4.86. The predicted molar refractivity (Wildman–Crippen MR) is 117 cm³/mol. The summed E-state index contributed by atoms with van der Waals surface area (Å²) in [6.07, 6.45) is 0. The zero-order valence-corrected chi connectivity index (χ0v) is 19.3. The van der Waals surface area contributed by atoms with E-state index in [4.69, 9.17) is 9.47 Å². The molecule has 1 aromatic carbocycles. The number of anilines is 1. The van der Waals surface area contributed by atoms with Crippen molar-refractivity contribution in [2.45, 2.75) is 27.7 Å². The van der Waals surface area contributed by atoms with Crippen LogP contribution in [0.15, 0.2) is 22.7 Å². The average molecular weight is 494 g/mol. The molecule has 3 N–H and O–H groups in total. The molecule has 0 aliphatic carbocycles. The maximum Gasteiger partial charge on any atom is 0.355 e. The number of aromatic nitrogens is 1. The zero-order valence-electron chi connectivity index (χ0n) is 17.7. The molecule has 0 bridgehead atoms. The van der Waals surface area contributed by atoms with Crippen LogP contribution in [-0.4, -0.2) is 48.5 Å². The van der Waals surface area contributed by atoms with Crippen LogP contribution in [0.1, 0.15) is 44.6 Å². The van der Waals surface area contributed by atoms with Crippen LogP contribution >= 0.6 is 15.9 Å². The van der Waals surface area contributed by atoms with Crippen molar-refractivity contribution in [3.63, 3.8) is 0 Å². The van der Waals surface area contributed by atoms with Gasteiger partial charge in [-0.3, -0.25) is 9.59 Å². The second kappa shape index (κ2) is 10.8. The zero-order chi connectivity index (χ0) is 23.1. The number of nitrogens with one attached hydrogen (secondary N) is 3. The topological polar surface area (TPSA) is 127 Å². The lowest BCUT2D eigenvalue weighted by Crippen LogP contribution is -2.35. The quantitative estimate of drug-likeness (QED) is 0.485. The van der Waals surface area contributed by atoms with Gasteiger partial charge in [0.05, 0.1) is 18.7 Å². The second-order valence-corrected chi connectivity index (χ2v) is 7.62. The normalized spacial score (nSPS) is 10.4. The fourth-order valence-corrected chi connectivity index (χ4v) is 3.33. The standard InChI is InChI=1S/C21H24BrN3O6/c1-5-30-20(28)18-12(3)19(24-13(18)4)21(29)31-10-17(27)23-9-16(26)25-15-7-6-14(22)8-11(15)2/h6-8,24H,5,9-10H2,1-4H3,(H,23,27)(H,25,26). The molecular formula is C21H24BrN3O6. The summed E-state index contributed by atoms with van der Waals surface area (Å²) < 4.78 is 10.9. The molecule has 0 unspecified atom stereocenters. The van der Waals surface area contributed by atoms with Crippen LogP contribution in [0.25, 0.3) is 0 Å². The summed E-state index contributed by atoms with van der Waals surface area (Å²) in [5, 5.41) is 5.07. The molecule has 2 amide bonds. The van der Waals surface area contributed by atoms with Crippen LogP contribution in [0.5, 0.6) is 0 Å². The van der Waals surface area contributed by atoms with Crippen molar-refractivity contribution in [1.82, 2.24) is 10.3 Å². The van der Waals surface area contributed by atoms with Crippen molar-refractivity contribution in [3.8, 4) is 0 Å². The van der Waals surface area contributed by atoms with E-state index < -0.39 is 30.4 Å². The first-order valence-electron chi connectivity index (χ1n) is 9.50. The van der Waals surface area contributed by atoms with Gasteiger partial charge in [-0.1, -0.05) is 15.9 Å². The Morgan fingerprint density at radius 2 is 1.74 bits per heavy atom. The maximum absolute atomic E-state index is 12.3. The number of carbonyl (C=O) groups excluding carboxylic acids is 4. The van der Waals surface area contributed by atoms with E-state index in [-0.39, 0.29) is 24.4 Å². The number of rotatable bonds is 8. The summed E-state index contributed by atoms with van der Waals surface area (Å²) in [5.74, 6) is -2.39. The Kier molecular flexibility index (Phi) is 8.38. The van der Waals surface area contributed by atoms with Gasteiger partial charge in [0.2, 0.25) is 5.91 Å². The second-order valence-electron chi connectivity index (χ2n) is 6.71. The molecule has 0 radical (unpaired) electrons. The van der Waals surface area contributed by atoms with E-state index in [1.54, 1.807) is 32.9 Å². The summed E-state index contributed by atoms with van der Waals surface area (Å²) in [6.45, 7) is 6.10. The minimum Gasteiger partial charge on any atom is -0.462 e. The van der Waals surface area contributed by atoms with Crippen molar-refractivity contribution in [1.29, 1.82) is 0 Å². The number of esters is 2. The molecule has 2 rings (SSSR count). The maximum atomic E-state index is 12.3. The Labute approximate surface area is 188 Å². The number of H-pyrrole nitrogens is 1. The molecule has 0 atom stereocenters. The molecule has 0 aliphatic heterocycles. The number of aryl methyl sites for hydroxylation is 2. The van der Waals surface area contributed by atoms with Gasteiger partial charge in [-0.25, -0.2) is 9.59 Å². The highest BCUT2D eigenvalue weighted by molar-refractivity contribution is 9.10. The Balaban J connectivity index is 1.86. The average Bonchev–Trinajstić information content (AvgIpc) is 3.01. The molecule has 0 aliphatic rings. The van der Waals surface area contributed by atoms with Gasteiger partial charge >= 0.3 is 11.9 Å². The molecule has 2 aromatic rings. The first kappa shape index (κ1) is 24.1. The van der Waals surface area contributed by atoms with Crippen molar-refractivity contribution in [2.24, 2.45) is 0 Å². The fraction of sp³-hybridized carbons (Fsp3) is 0.333. The number of halogens is 1. The number of aromatic amines is 1. The number of hydrogen-bond acceptors (Lipinski definition) is 6. The molecule has 0 saturated heterocycles. The first-order valence-corrected chi connectivity index (χ1v) is 10.3. The van der Waals surface area contributed by atoms with Gasteiger partial charge in [0.1, 0.15) is 5.69 Å². The number of carbonyl (C=O) groups is 4.